The van der Waals surface area contributed by atoms with Gasteiger partial charge >= 0.3 is 5.97 Å². The Labute approximate surface area is 180 Å². The first-order chi connectivity index (χ1) is 14.4. The Kier molecular flexibility index (Phi) is 8.27. The van der Waals surface area contributed by atoms with Crippen LogP contribution >= 0.6 is 11.6 Å². The predicted octanol–water partition coefficient (Wildman–Crippen LogP) is 2.74. The van der Waals surface area contributed by atoms with Gasteiger partial charge in [0.05, 0.1) is 25.4 Å². The Bertz CT molecular complexity index is 766. The quantitative estimate of drug-likeness (QED) is 0.571. The zero-order chi connectivity index (χ0) is 21.5. The zero-order valence-corrected chi connectivity index (χ0v) is 17.4. The lowest BCUT2D eigenvalue weighted by atomic mass is 9.87. The van der Waals surface area contributed by atoms with E-state index in [4.69, 9.17) is 30.9 Å². The zero-order valence-electron chi connectivity index (χ0n) is 16.6. The van der Waals surface area contributed by atoms with E-state index in [-0.39, 0.29) is 42.9 Å². The van der Waals surface area contributed by atoms with Crippen LogP contribution in [0.25, 0.3) is 0 Å². The van der Waals surface area contributed by atoms with Crippen molar-refractivity contribution in [2.24, 2.45) is 17.8 Å². The molecular weight excluding hydrogens is 412 g/mol. The number of hydrogen-bond donors (Lipinski definition) is 2. The van der Waals surface area contributed by atoms with Gasteiger partial charge in [-0.05, 0) is 43.0 Å². The fourth-order valence-corrected chi connectivity index (χ4v) is 4.32. The SMILES string of the molecule is O=C(O)COC[C@H]1CC[C@@H]2[C@@H](/C=C/C(=O)COc3cccc(Cl)c3)[C@H](O)C[C@@H]2OC1. The lowest BCUT2D eigenvalue weighted by Crippen LogP contribution is -2.21. The van der Waals surface area contributed by atoms with Crippen molar-refractivity contribution in [1.29, 1.82) is 0 Å². The molecule has 164 valence electrons. The topological polar surface area (TPSA) is 102 Å². The van der Waals surface area contributed by atoms with Crippen molar-refractivity contribution in [2.75, 3.05) is 26.4 Å². The number of carbonyl (C=O) groups excluding carboxylic acids is 1. The highest BCUT2D eigenvalue weighted by Gasteiger charge is 2.43. The smallest absolute Gasteiger partial charge is 0.329 e. The van der Waals surface area contributed by atoms with E-state index in [0.717, 1.165) is 12.8 Å². The van der Waals surface area contributed by atoms with Crippen LogP contribution in [-0.4, -0.2) is 60.6 Å². The number of carboxylic acid groups (broad SMARTS) is 1. The van der Waals surface area contributed by atoms with Gasteiger partial charge in [0.2, 0.25) is 0 Å². The van der Waals surface area contributed by atoms with Gasteiger partial charge in [-0.15, -0.1) is 0 Å². The number of rotatable bonds is 9. The molecule has 1 saturated heterocycles. The van der Waals surface area contributed by atoms with Crippen LogP contribution in [0, 0.1) is 17.8 Å². The first-order valence-electron chi connectivity index (χ1n) is 10.1. The van der Waals surface area contributed by atoms with Crippen LogP contribution in [0.15, 0.2) is 36.4 Å². The Morgan fingerprint density at radius 3 is 2.87 bits per heavy atom. The summed E-state index contributed by atoms with van der Waals surface area (Å²) in [7, 11) is 0. The molecular formula is C22H27ClO7. The van der Waals surface area contributed by atoms with Crippen LogP contribution in [0.4, 0.5) is 0 Å². The second-order valence-corrected chi connectivity index (χ2v) is 8.28. The average Bonchev–Trinajstić information content (AvgIpc) is 2.86. The van der Waals surface area contributed by atoms with E-state index in [1.165, 1.54) is 6.08 Å². The molecule has 1 aliphatic heterocycles. The fourth-order valence-electron chi connectivity index (χ4n) is 4.14. The first-order valence-corrected chi connectivity index (χ1v) is 10.5. The highest BCUT2D eigenvalue weighted by molar-refractivity contribution is 6.30. The molecule has 0 amide bonds. The van der Waals surface area contributed by atoms with Gasteiger partial charge in [0, 0.05) is 23.3 Å². The van der Waals surface area contributed by atoms with Crippen LogP contribution < -0.4 is 4.74 Å². The second-order valence-electron chi connectivity index (χ2n) is 7.84. The van der Waals surface area contributed by atoms with Crippen molar-refractivity contribution in [3.05, 3.63) is 41.4 Å². The highest BCUT2D eigenvalue weighted by Crippen LogP contribution is 2.41. The third kappa shape index (κ3) is 6.54. The number of fused-ring (bicyclic) bond motifs is 1. The maximum Gasteiger partial charge on any atom is 0.329 e. The standard InChI is InChI=1S/C22H27ClO7/c23-15-2-1-3-17(8-15)29-12-16(24)5-7-18-19-6-4-14(10-28-13-22(26)27)11-30-21(19)9-20(18)25/h1-3,5,7-8,14,18-21,25H,4,6,9-13H2,(H,26,27)/b7-5+/t14-,18-,19-,20-,21+/m1/s1. The Morgan fingerprint density at radius 2 is 2.10 bits per heavy atom. The van der Waals surface area contributed by atoms with E-state index >= 15 is 0 Å². The van der Waals surface area contributed by atoms with Gasteiger partial charge in [-0.1, -0.05) is 23.7 Å². The van der Waals surface area contributed by atoms with Crippen molar-refractivity contribution >= 4 is 23.4 Å². The molecule has 7 nitrogen and oxygen atoms in total. The van der Waals surface area contributed by atoms with Gasteiger partial charge in [-0.25, -0.2) is 4.79 Å². The third-order valence-corrected chi connectivity index (χ3v) is 5.84. The summed E-state index contributed by atoms with van der Waals surface area (Å²) in [5.41, 5.74) is 0. The number of aliphatic carboxylic acids is 1. The molecule has 1 aromatic rings. The van der Waals surface area contributed by atoms with Crippen LogP contribution in [0.5, 0.6) is 5.75 Å². The van der Waals surface area contributed by atoms with Gasteiger partial charge in [0.1, 0.15) is 12.4 Å². The molecule has 2 N–H and O–H groups in total. The molecule has 2 aliphatic rings. The van der Waals surface area contributed by atoms with Crippen LogP contribution in [0.2, 0.25) is 5.02 Å². The number of ether oxygens (including phenoxy) is 3. The summed E-state index contributed by atoms with van der Waals surface area (Å²) in [5, 5.41) is 19.7. The molecule has 1 aromatic carbocycles. The molecule has 1 aliphatic carbocycles. The van der Waals surface area contributed by atoms with E-state index in [1.807, 2.05) is 0 Å². The van der Waals surface area contributed by atoms with Crippen LogP contribution in [-0.2, 0) is 19.1 Å². The van der Waals surface area contributed by atoms with E-state index in [2.05, 4.69) is 0 Å². The van der Waals surface area contributed by atoms with Crippen molar-refractivity contribution in [1.82, 2.24) is 0 Å². The molecule has 0 radical (unpaired) electrons. The van der Waals surface area contributed by atoms with Crippen LogP contribution in [0.3, 0.4) is 0 Å². The lowest BCUT2D eigenvalue weighted by molar-refractivity contribution is -0.143. The summed E-state index contributed by atoms with van der Waals surface area (Å²) in [6, 6.07) is 6.85. The monoisotopic (exact) mass is 438 g/mol. The molecule has 1 saturated carbocycles. The van der Waals surface area contributed by atoms with Gasteiger partial charge in [-0.2, -0.15) is 0 Å². The second kappa shape index (κ2) is 10.9. The number of aliphatic hydroxyl groups is 1. The summed E-state index contributed by atoms with van der Waals surface area (Å²) < 4.78 is 16.6. The first kappa shape index (κ1) is 22.7. The van der Waals surface area contributed by atoms with Crippen molar-refractivity contribution in [3.8, 4) is 5.75 Å². The molecule has 30 heavy (non-hydrogen) atoms. The number of benzene rings is 1. The molecule has 1 heterocycles. The number of carboxylic acids is 1. The summed E-state index contributed by atoms with van der Waals surface area (Å²) >= 11 is 5.90. The summed E-state index contributed by atoms with van der Waals surface area (Å²) in [6.07, 6.45) is 4.78. The number of ketones is 1. The molecule has 0 aromatic heterocycles. The minimum absolute atomic E-state index is 0.0723. The number of halogens is 1. The van der Waals surface area contributed by atoms with Crippen molar-refractivity contribution < 1.29 is 34.0 Å². The largest absolute Gasteiger partial charge is 0.485 e. The molecule has 8 heteroatoms. The molecule has 0 unspecified atom stereocenters. The van der Waals surface area contributed by atoms with Gasteiger partial charge in [0.25, 0.3) is 0 Å². The van der Waals surface area contributed by atoms with E-state index in [9.17, 15) is 14.7 Å². The average molecular weight is 439 g/mol. The predicted molar refractivity (Wildman–Crippen MR) is 110 cm³/mol. The summed E-state index contributed by atoms with van der Waals surface area (Å²) in [4.78, 5) is 22.8. The fraction of sp³-hybridized carbons (Fsp3) is 0.545. The molecule has 2 fully saturated rings. The number of carbonyl (C=O) groups is 2. The minimum Gasteiger partial charge on any atom is -0.485 e. The maximum absolute atomic E-state index is 12.2. The van der Waals surface area contributed by atoms with E-state index in [1.54, 1.807) is 30.3 Å². The normalized spacial score (nSPS) is 28.8. The van der Waals surface area contributed by atoms with Crippen molar-refractivity contribution in [2.45, 2.75) is 31.5 Å². The molecule has 3 rings (SSSR count). The van der Waals surface area contributed by atoms with Crippen molar-refractivity contribution in [3.63, 3.8) is 0 Å². The third-order valence-electron chi connectivity index (χ3n) is 5.60. The minimum atomic E-state index is -0.987. The van der Waals surface area contributed by atoms with Crippen LogP contribution in [0.1, 0.15) is 19.3 Å². The Balaban J connectivity index is 1.50. The molecule has 0 bridgehead atoms. The van der Waals surface area contributed by atoms with Gasteiger partial charge < -0.3 is 24.4 Å². The van der Waals surface area contributed by atoms with Gasteiger partial charge in [0.15, 0.2) is 12.4 Å². The summed E-state index contributed by atoms with van der Waals surface area (Å²) in [5.74, 6) is -0.576. The molecule has 5 atom stereocenters. The number of hydrogen-bond acceptors (Lipinski definition) is 6. The number of aliphatic hydroxyl groups excluding tert-OH is 1. The maximum atomic E-state index is 12.2. The summed E-state index contributed by atoms with van der Waals surface area (Å²) in [6.45, 7) is 0.407. The molecule has 0 spiro atoms. The van der Waals surface area contributed by atoms with E-state index in [0.29, 0.717) is 30.4 Å². The lowest BCUT2D eigenvalue weighted by Gasteiger charge is -2.20. The Morgan fingerprint density at radius 1 is 1.27 bits per heavy atom. The Hall–Kier alpha value is -1.93. The van der Waals surface area contributed by atoms with E-state index < -0.39 is 12.1 Å². The van der Waals surface area contributed by atoms with Gasteiger partial charge in [-0.3, -0.25) is 4.79 Å². The highest BCUT2D eigenvalue weighted by atomic mass is 35.5.